The topological polar surface area (TPSA) is 36.9 Å². The van der Waals surface area contributed by atoms with Gasteiger partial charge in [0.25, 0.3) is 0 Å². The summed E-state index contributed by atoms with van der Waals surface area (Å²) in [6.07, 6.45) is 3.38. The highest BCUT2D eigenvalue weighted by Gasteiger charge is 2.30. The second-order valence-electron chi connectivity index (χ2n) is 7.08. The number of benzene rings is 1. The third-order valence-electron chi connectivity index (χ3n) is 5.59. The number of likely N-dealkylation sites (tertiary alicyclic amines) is 1. The third-order valence-corrected chi connectivity index (χ3v) is 5.59. The quantitative estimate of drug-likeness (QED) is 0.348. The van der Waals surface area contributed by atoms with E-state index in [1.807, 2.05) is 0 Å². The molecule has 4 nitrogen and oxygen atoms in total. The maximum atomic E-state index is 5.33. The number of halogens is 1. The first kappa shape index (κ1) is 23.2. The van der Waals surface area contributed by atoms with E-state index in [2.05, 4.69) is 61.3 Å². The Morgan fingerprint density at radius 3 is 2.50 bits per heavy atom. The van der Waals surface area contributed by atoms with Crippen LogP contribution in [0.15, 0.2) is 35.3 Å². The van der Waals surface area contributed by atoms with E-state index >= 15 is 0 Å². The lowest BCUT2D eigenvalue weighted by molar-refractivity contribution is 0.157. The zero-order valence-corrected chi connectivity index (χ0v) is 19.2. The van der Waals surface area contributed by atoms with Crippen molar-refractivity contribution in [2.24, 2.45) is 10.9 Å². The minimum Gasteiger partial charge on any atom is -0.384 e. The molecule has 26 heavy (non-hydrogen) atoms. The van der Waals surface area contributed by atoms with Crippen LogP contribution in [0, 0.1) is 5.92 Å². The van der Waals surface area contributed by atoms with Crippen LogP contribution < -0.4 is 5.32 Å². The molecule has 0 saturated carbocycles. The molecule has 1 aliphatic rings. The van der Waals surface area contributed by atoms with E-state index in [1.165, 1.54) is 12.0 Å². The molecule has 148 valence electrons. The van der Waals surface area contributed by atoms with E-state index in [9.17, 15) is 0 Å². The summed E-state index contributed by atoms with van der Waals surface area (Å²) in [5, 5.41) is 3.49. The van der Waals surface area contributed by atoms with Gasteiger partial charge in [-0.25, -0.2) is 0 Å². The standard InChI is InChI=1S/C21H35N3O.HI/c1-5-21(6-2,19-11-9-8-10-12-19)17-23-20(22-7-3)24-14-13-18(15-24)16-25-4;/h8-12,18H,5-7,13-17H2,1-4H3,(H,22,23);1H. The molecule has 0 radical (unpaired) electrons. The molecule has 1 heterocycles. The van der Waals surface area contributed by atoms with Crippen LogP contribution in [0.4, 0.5) is 0 Å². The largest absolute Gasteiger partial charge is 0.384 e. The van der Waals surface area contributed by atoms with Crippen LogP contribution in [0.1, 0.15) is 45.6 Å². The molecule has 1 aromatic carbocycles. The summed E-state index contributed by atoms with van der Waals surface area (Å²) in [7, 11) is 1.79. The van der Waals surface area contributed by atoms with Crippen molar-refractivity contribution in [1.82, 2.24) is 10.2 Å². The van der Waals surface area contributed by atoms with Crippen LogP contribution in [0.2, 0.25) is 0 Å². The van der Waals surface area contributed by atoms with Crippen molar-refractivity contribution in [3.8, 4) is 0 Å². The highest BCUT2D eigenvalue weighted by molar-refractivity contribution is 14.0. The number of rotatable bonds is 8. The molecule has 5 heteroatoms. The van der Waals surface area contributed by atoms with Gasteiger partial charge in [0.15, 0.2) is 5.96 Å². The first-order chi connectivity index (χ1) is 12.2. The Balaban J connectivity index is 0.00000338. The number of methoxy groups -OCH3 is 1. The minimum absolute atomic E-state index is 0. The number of hydrogen-bond donors (Lipinski definition) is 1. The number of hydrogen-bond acceptors (Lipinski definition) is 2. The maximum absolute atomic E-state index is 5.33. The van der Waals surface area contributed by atoms with Crippen molar-refractivity contribution in [2.45, 2.75) is 45.4 Å². The summed E-state index contributed by atoms with van der Waals surface area (Å²) in [4.78, 5) is 7.47. The summed E-state index contributed by atoms with van der Waals surface area (Å²) in [6.45, 7) is 11.4. The summed E-state index contributed by atoms with van der Waals surface area (Å²) < 4.78 is 5.33. The van der Waals surface area contributed by atoms with E-state index in [4.69, 9.17) is 9.73 Å². The number of nitrogens with one attached hydrogen (secondary N) is 1. The molecule has 1 atom stereocenters. The van der Waals surface area contributed by atoms with Gasteiger partial charge in [0.2, 0.25) is 0 Å². The summed E-state index contributed by atoms with van der Waals surface area (Å²) in [5.74, 6) is 1.67. The Morgan fingerprint density at radius 1 is 1.23 bits per heavy atom. The maximum Gasteiger partial charge on any atom is 0.193 e. The molecule has 2 rings (SSSR count). The molecule has 1 unspecified atom stereocenters. The van der Waals surface area contributed by atoms with Crippen LogP contribution in [0.5, 0.6) is 0 Å². The molecule has 0 bridgehead atoms. The molecular formula is C21H36IN3O. The first-order valence-corrected chi connectivity index (χ1v) is 9.76. The summed E-state index contributed by atoms with van der Waals surface area (Å²) >= 11 is 0. The van der Waals surface area contributed by atoms with E-state index < -0.39 is 0 Å². The molecule has 0 spiro atoms. The summed E-state index contributed by atoms with van der Waals surface area (Å²) in [5.41, 5.74) is 1.52. The Bertz CT molecular complexity index is 531. The van der Waals surface area contributed by atoms with Gasteiger partial charge < -0.3 is 15.0 Å². The van der Waals surface area contributed by atoms with Crippen molar-refractivity contribution in [3.63, 3.8) is 0 Å². The van der Waals surface area contributed by atoms with Gasteiger partial charge in [0.1, 0.15) is 0 Å². The number of guanidine groups is 1. The molecule has 0 aliphatic carbocycles. The Morgan fingerprint density at radius 2 is 1.92 bits per heavy atom. The van der Waals surface area contributed by atoms with Crippen molar-refractivity contribution >= 4 is 29.9 Å². The predicted octanol–water partition coefficient (Wildman–Crippen LogP) is 4.30. The van der Waals surface area contributed by atoms with Gasteiger partial charge >= 0.3 is 0 Å². The molecule has 1 saturated heterocycles. The molecule has 1 aromatic rings. The number of aliphatic imine (C=N–C) groups is 1. The highest BCUT2D eigenvalue weighted by atomic mass is 127. The van der Waals surface area contributed by atoms with Gasteiger partial charge in [0.05, 0.1) is 13.2 Å². The zero-order valence-electron chi connectivity index (χ0n) is 16.8. The molecule has 1 aliphatic heterocycles. The van der Waals surface area contributed by atoms with Crippen LogP contribution in [-0.4, -0.2) is 50.8 Å². The highest BCUT2D eigenvalue weighted by Crippen LogP contribution is 2.32. The Hall–Kier alpha value is -0.820. The van der Waals surface area contributed by atoms with E-state index in [-0.39, 0.29) is 29.4 Å². The average molecular weight is 473 g/mol. The van der Waals surface area contributed by atoms with Crippen molar-refractivity contribution in [3.05, 3.63) is 35.9 Å². The first-order valence-electron chi connectivity index (χ1n) is 9.76. The fourth-order valence-corrected chi connectivity index (χ4v) is 3.81. The van der Waals surface area contributed by atoms with E-state index in [0.29, 0.717) is 5.92 Å². The fraction of sp³-hybridized carbons (Fsp3) is 0.667. The van der Waals surface area contributed by atoms with E-state index in [1.54, 1.807) is 7.11 Å². The van der Waals surface area contributed by atoms with Crippen LogP contribution in [0.25, 0.3) is 0 Å². The van der Waals surface area contributed by atoms with Gasteiger partial charge in [0, 0.05) is 38.1 Å². The SMILES string of the molecule is CCNC(=NCC(CC)(CC)c1ccccc1)N1CCC(COC)C1.I. The van der Waals surface area contributed by atoms with Crippen molar-refractivity contribution < 1.29 is 4.74 Å². The molecular weight excluding hydrogens is 437 g/mol. The third kappa shape index (κ3) is 5.84. The molecule has 1 N–H and O–H groups in total. The number of nitrogens with zero attached hydrogens (tertiary/aromatic N) is 2. The zero-order chi connectivity index (χ0) is 18.1. The lowest BCUT2D eigenvalue weighted by atomic mass is 9.76. The van der Waals surface area contributed by atoms with Crippen LogP contribution >= 0.6 is 24.0 Å². The lowest BCUT2D eigenvalue weighted by Gasteiger charge is -2.32. The lowest BCUT2D eigenvalue weighted by Crippen LogP contribution is -2.41. The van der Waals surface area contributed by atoms with Gasteiger partial charge in [-0.05, 0) is 31.7 Å². The summed E-state index contributed by atoms with van der Waals surface area (Å²) in [6, 6.07) is 10.9. The minimum atomic E-state index is 0. The molecule has 0 amide bonds. The smallest absolute Gasteiger partial charge is 0.193 e. The number of ether oxygens (including phenoxy) is 1. The second kappa shape index (κ2) is 11.8. The van der Waals surface area contributed by atoms with Gasteiger partial charge in [-0.2, -0.15) is 0 Å². The van der Waals surface area contributed by atoms with Gasteiger partial charge in [-0.1, -0.05) is 44.2 Å². The van der Waals surface area contributed by atoms with Crippen LogP contribution in [-0.2, 0) is 10.2 Å². The Kier molecular flexibility index (Phi) is 10.5. The van der Waals surface area contributed by atoms with E-state index in [0.717, 1.165) is 51.6 Å². The van der Waals surface area contributed by atoms with Gasteiger partial charge in [-0.15, -0.1) is 24.0 Å². The second-order valence-corrected chi connectivity index (χ2v) is 7.08. The molecule has 1 fully saturated rings. The van der Waals surface area contributed by atoms with Crippen LogP contribution in [0.3, 0.4) is 0 Å². The average Bonchev–Trinajstić information content (AvgIpc) is 3.11. The van der Waals surface area contributed by atoms with Gasteiger partial charge in [-0.3, -0.25) is 4.99 Å². The molecule has 0 aromatic heterocycles. The van der Waals surface area contributed by atoms with Crippen molar-refractivity contribution in [2.75, 3.05) is 39.9 Å². The normalized spacial score (nSPS) is 17.9. The van der Waals surface area contributed by atoms with Crippen molar-refractivity contribution in [1.29, 1.82) is 0 Å². The Labute approximate surface area is 176 Å². The monoisotopic (exact) mass is 473 g/mol. The fourth-order valence-electron chi connectivity index (χ4n) is 3.81. The predicted molar refractivity (Wildman–Crippen MR) is 122 cm³/mol.